The van der Waals surface area contributed by atoms with Gasteiger partial charge in [0.25, 0.3) is 0 Å². The number of imide groups is 1. The van der Waals surface area contributed by atoms with E-state index >= 15 is 4.39 Å². The maximum absolute atomic E-state index is 15.3. The lowest BCUT2D eigenvalue weighted by Crippen LogP contribution is -2.61. The second-order valence-corrected chi connectivity index (χ2v) is 11.7. The van der Waals surface area contributed by atoms with E-state index in [2.05, 4.69) is 4.98 Å². The summed E-state index contributed by atoms with van der Waals surface area (Å²) in [5.74, 6) is -2.94. The smallest absolute Gasteiger partial charge is 0.335 e. The highest BCUT2D eigenvalue weighted by Crippen LogP contribution is 2.52. The number of ether oxygens (including phenoxy) is 3. The van der Waals surface area contributed by atoms with Crippen LogP contribution in [0.1, 0.15) is 47.7 Å². The molecule has 0 spiro atoms. The van der Waals surface area contributed by atoms with Gasteiger partial charge in [0.2, 0.25) is 11.8 Å². The number of oxazole rings is 1. The molecular formula is C31H30FN3O8S. The van der Waals surface area contributed by atoms with Crippen molar-refractivity contribution in [1.82, 2.24) is 9.88 Å². The van der Waals surface area contributed by atoms with E-state index in [0.29, 0.717) is 53.7 Å². The number of fused-ring (bicyclic) bond motifs is 1. The fourth-order valence-corrected chi connectivity index (χ4v) is 7.32. The first-order valence-corrected chi connectivity index (χ1v) is 15.0. The van der Waals surface area contributed by atoms with Crippen LogP contribution in [0, 0.1) is 11.7 Å². The quantitative estimate of drug-likeness (QED) is 0.333. The average Bonchev–Trinajstić information content (AvgIpc) is 3.68. The zero-order valence-corrected chi connectivity index (χ0v) is 24.8. The summed E-state index contributed by atoms with van der Waals surface area (Å²) in [4.78, 5) is 47.3. The van der Waals surface area contributed by atoms with Crippen molar-refractivity contribution in [3.05, 3.63) is 83.3 Å². The second-order valence-electron chi connectivity index (χ2n) is 10.6. The summed E-state index contributed by atoms with van der Waals surface area (Å²) in [6.45, 7) is 2.82. The fourth-order valence-electron chi connectivity index (χ4n) is 5.80. The largest absolute Gasteiger partial charge is 0.496 e. The lowest BCUT2D eigenvalue weighted by molar-refractivity contribution is -0.123. The van der Waals surface area contributed by atoms with Gasteiger partial charge in [-0.05, 0) is 49.6 Å². The topological polar surface area (TPSA) is 132 Å². The van der Waals surface area contributed by atoms with Crippen LogP contribution in [0.5, 0.6) is 5.75 Å². The number of hydrogen-bond donors (Lipinski definition) is 1. The molecule has 0 aliphatic carbocycles. The monoisotopic (exact) mass is 623 g/mol. The molecule has 6 rings (SSSR count). The number of carbonyl (C=O) groups excluding carboxylic acids is 2. The van der Waals surface area contributed by atoms with E-state index in [0.717, 1.165) is 23.1 Å². The Kier molecular flexibility index (Phi) is 8.43. The molecule has 44 heavy (non-hydrogen) atoms. The van der Waals surface area contributed by atoms with Gasteiger partial charge in [0.05, 0.1) is 53.4 Å². The lowest BCUT2D eigenvalue weighted by Gasteiger charge is -2.43. The number of thioether (sulfide) groups is 1. The van der Waals surface area contributed by atoms with Crippen molar-refractivity contribution in [3.63, 3.8) is 0 Å². The number of hydrogen-bond acceptors (Lipinski definition) is 9. The Balaban J connectivity index is 1.44. The Labute approximate surface area is 256 Å². The first-order chi connectivity index (χ1) is 21.3. The van der Waals surface area contributed by atoms with Crippen LogP contribution in [0.4, 0.5) is 14.9 Å². The number of carboxylic acid groups (broad SMARTS) is 1. The van der Waals surface area contributed by atoms with Gasteiger partial charge >= 0.3 is 12.0 Å². The van der Waals surface area contributed by atoms with Gasteiger partial charge in [-0.15, -0.1) is 0 Å². The molecule has 230 valence electrons. The number of para-hydroxylation sites is 1. The summed E-state index contributed by atoms with van der Waals surface area (Å²) in [5, 5.41) is 8.85. The minimum absolute atomic E-state index is 0.0130. The number of carbonyl (C=O) groups is 3. The lowest BCUT2D eigenvalue weighted by atomic mass is 9.94. The molecule has 1 aromatic heterocycles. The number of methoxy groups -OCH3 is 1. The van der Waals surface area contributed by atoms with Crippen LogP contribution in [0.25, 0.3) is 4.91 Å². The summed E-state index contributed by atoms with van der Waals surface area (Å²) in [6.07, 6.45) is 3.38. The van der Waals surface area contributed by atoms with Crippen molar-refractivity contribution in [1.29, 1.82) is 0 Å². The highest BCUT2D eigenvalue weighted by atomic mass is 32.2. The standard InChI is InChI=1S/C31H30FN3O8S/c1-17-25-28(36)35(22-15-18(30(37)38)7-8-21(22)32)31(39)34(29(25)44-26(17)27-33-11-14-42-27)16-24(43-19-9-12-41-13-10-19)20-5-3-4-6-23(20)40-2/h3-8,11,14-15,19,24-25,29H,9-10,12-13,16H2,1-2H3,(H,37,38). The van der Waals surface area contributed by atoms with Gasteiger partial charge in [-0.25, -0.2) is 23.9 Å². The molecule has 3 aliphatic rings. The van der Waals surface area contributed by atoms with E-state index < -0.39 is 46.8 Å². The molecule has 3 amide bonds. The van der Waals surface area contributed by atoms with E-state index in [9.17, 15) is 19.5 Å². The SMILES string of the molecule is COc1ccccc1C(CN1C(=O)N(c2cc(C(=O)O)ccc2F)C(=O)C2C(C)=C(c3ncco3)SC21)OC1CCOCC1. The molecule has 2 aromatic carbocycles. The molecular weight excluding hydrogens is 593 g/mol. The zero-order valence-electron chi connectivity index (χ0n) is 24.0. The highest BCUT2D eigenvalue weighted by Gasteiger charge is 2.54. The van der Waals surface area contributed by atoms with Crippen molar-refractivity contribution in [2.75, 3.05) is 31.8 Å². The molecule has 0 saturated carbocycles. The molecule has 3 aromatic rings. The van der Waals surface area contributed by atoms with Gasteiger partial charge < -0.3 is 28.6 Å². The second kappa shape index (κ2) is 12.4. The van der Waals surface area contributed by atoms with Crippen LogP contribution in [0.15, 0.2) is 64.9 Å². The molecule has 2 saturated heterocycles. The Bertz CT molecular complexity index is 1610. The third-order valence-corrected chi connectivity index (χ3v) is 9.51. The van der Waals surface area contributed by atoms with Crippen molar-refractivity contribution in [3.8, 4) is 5.75 Å². The third kappa shape index (κ3) is 5.46. The normalized spacial score (nSPS) is 21.5. The zero-order chi connectivity index (χ0) is 31.0. The first kappa shape index (κ1) is 29.9. The van der Waals surface area contributed by atoms with E-state index in [1.807, 2.05) is 18.2 Å². The molecule has 3 atom stereocenters. The van der Waals surface area contributed by atoms with Crippen LogP contribution >= 0.6 is 11.8 Å². The Morgan fingerprint density at radius 2 is 1.98 bits per heavy atom. The molecule has 11 nitrogen and oxygen atoms in total. The fraction of sp³-hybridized carbons (Fsp3) is 0.355. The van der Waals surface area contributed by atoms with Gasteiger partial charge in [-0.2, -0.15) is 0 Å². The highest BCUT2D eigenvalue weighted by molar-refractivity contribution is 8.09. The number of urea groups is 1. The number of amides is 3. The molecule has 3 unspecified atom stereocenters. The number of nitrogens with zero attached hydrogens (tertiary/aromatic N) is 3. The van der Waals surface area contributed by atoms with Gasteiger partial charge in [0.1, 0.15) is 23.9 Å². The number of benzene rings is 2. The minimum Gasteiger partial charge on any atom is -0.496 e. The molecule has 4 heterocycles. The van der Waals surface area contributed by atoms with Crippen LogP contribution in [0.3, 0.4) is 0 Å². The van der Waals surface area contributed by atoms with Gasteiger partial charge in [-0.1, -0.05) is 30.0 Å². The molecule has 0 bridgehead atoms. The number of aromatic nitrogens is 1. The minimum atomic E-state index is -1.32. The predicted octanol–water partition coefficient (Wildman–Crippen LogP) is 5.35. The van der Waals surface area contributed by atoms with Crippen LogP contribution in [0.2, 0.25) is 0 Å². The van der Waals surface area contributed by atoms with E-state index in [-0.39, 0.29) is 18.2 Å². The third-order valence-electron chi connectivity index (χ3n) is 8.01. The summed E-state index contributed by atoms with van der Waals surface area (Å²) in [6, 6.07) is 9.55. The van der Waals surface area contributed by atoms with Crippen LogP contribution in [-0.2, 0) is 14.3 Å². The first-order valence-electron chi connectivity index (χ1n) is 14.1. The molecule has 2 fully saturated rings. The molecule has 3 aliphatic heterocycles. The van der Waals surface area contributed by atoms with Crippen molar-refractivity contribution in [2.45, 2.75) is 37.3 Å². The average molecular weight is 624 g/mol. The summed E-state index contributed by atoms with van der Waals surface area (Å²) in [5.41, 5.74) is 0.599. The van der Waals surface area contributed by atoms with Crippen molar-refractivity contribution < 1.29 is 42.5 Å². The summed E-state index contributed by atoms with van der Waals surface area (Å²) < 4.78 is 38.6. The van der Waals surface area contributed by atoms with E-state index in [4.69, 9.17) is 18.6 Å². The summed E-state index contributed by atoms with van der Waals surface area (Å²) in [7, 11) is 1.55. The molecule has 1 N–H and O–H groups in total. The predicted molar refractivity (Wildman–Crippen MR) is 158 cm³/mol. The maximum atomic E-state index is 15.3. The molecule has 0 radical (unpaired) electrons. The number of halogens is 1. The van der Waals surface area contributed by atoms with Gasteiger partial charge in [0.15, 0.2) is 0 Å². The Hall–Kier alpha value is -4.20. The Morgan fingerprint density at radius 1 is 1.20 bits per heavy atom. The van der Waals surface area contributed by atoms with E-state index in [1.54, 1.807) is 20.1 Å². The summed E-state index contributed by atoms with van der Waals surface area (Å²) >= 11 is 1.27. The van der Waals surface area contributed by atoms with Crippen LogP contribution < -0.4 is 9.64 Å². The van der Waals surface area contributed by atoms with Gasteiger partial charge in [-0.3, -0.25) is 4.79 Å². The Morgan fingerprint density at radius 3 is 2.68 bits per heavy atom. The van der Waals surface area contributed by atoms with E-state index in [1.165, 1.54) is 29.1 Å². The van der Waals surface area contributed by atoms with Crippen molar-refractivity contribution in [2.24, 2.45) is 5.92 Å². The van der Waals surface area contributed by atoms with Crippen LogP contribution in [-0.4, -0.2) is 71.2 Å². The number of aromatic carboxylic acids is 1. The number of anilines is 1. The maximum Gasteiger partial charge on any atom is 0.335 e. The van der Waals surface area contributed by atoms with Gasteiger partial charge in [0, 0.05) is 18.8 Å². The number of carboxylic acids is 1. The number of rotatable bonds is 9. The molecule has 13 heteroatoms. The van der Waals surface area contributed by atoms with Crippen molar-refractivity contribution >= 4 is 40.3 Å².